The molecule has 0 aliphatic carbocycles. The number of thioether (sulfide) groups is 1. The van der Waals surface area contributed by atoms with Crippen LogP contribution >= 0.6 is 23.1 Å². The molecule has 2 N–H and O–H groups in total. The van der Waals surface area contributed by atoms with E-state index in [1.54, 1.807) is 0 Å². The van der Waals surface area contributed by atoms with E-state index in [0.29, 0.717) is 6.29 Å². The van der Waals surface area contributed by atoms with Gasteiger partial charge in [0.2, 0.25) is 11.8 Å². The maximum atomic E-state index is 12.2. The summed E-state index contributed by atoms with van der Waals surface area (Å²) in [6.07, 6.45) is 0.611. The zero-order valence-corrected chi connectivity index (χ0v) is 13.3. The van der Waals surface area contributed by atoms with Crippen molar-refractivity contribution in [2.24, 2.45) is 0 Å². The number of hydrogen-bond donors (Lipinski definition) is 2. The summed E-state index contributed by atoms with van der Waals surface area (Å²) in [6, 6.07) is -0.220. The highest BCUT2D eigenvalue weighted by atomic mass is 32.2. The van der Waals surface area contributed by atoms with Crippen molar-refractivity contribution >= 4 is 47.2 Å². The van der Waals surface area contributed by atoms with E-state index in [1.807, 2.05) is 16.8 Å². The molecule has 1 saturated heterocycles. The third-order valence-corrected chi connectivity index (χ3v) is 5.57. The number of carbonyl (C=O) groups excluding carboxylic acids is 3. The van der Waals surface area contributed by atoms with Gasteiger partial charge in [-0.3, -0.25) is 14.4 Å². The molecule has 0 radical (unpaired) electrons. The standard InChI is InChI=1S/C14H12N2O5S2/c17-4-8-6-23-13-10(12(19)16(13)11(8)14(20)21)15-9(18)3-7-1-2-22-5-7/h1-2,4-6,10-11,13H,3H2,(H,15,18)(H,20,21)/t10?,11?,13-/m1/s1. The van der Waals surface area contributed by atoms with Crippen molar-refractivity contribution in [1.29, 1.82) is 0 Å². The molecule has 3 heterocycles. The zero-order valence-electron chi connectivity index (χ0n) is 11.7. The van der Waals surface area contributed by atoms with Crippen molar-refractivity contribution < 1.29 is 24.3 Å². The molecule has 2 amide bonds. The quantitative estimate of drug-likeness (QED) is 0.581. The monoisotopic (exact) mass is 352 g/mol. The Balaban J connectivity index is 1.69. The van der Waals surface area contributed by atoms with Crippen LogP contribution in [0.25, 0.3) is 0 Å². The molecule has 0 aromatic carbocycles. The van der Waals surface area contributed by atoms with Crippen LogP contribution in [0.1, 0.15) is 5.56 Å². The van der Waals surface area contributed by atoms with Crippen LogP contribution in [0.3, 0.4) is 0 Å². The fourth-order valence-electron chi connectivity index (χ4n) is 2.57. The van der Waals surface area contributed by atoms with E-state index in [2.05, 4.69) is 5.32 Å². The maximum absolute atomic E-state index is 12.2. The highest BCUT2D eigenvalue weighted by molar-refractivity contribution is 8.03. The van der Waals surface area contributed by atoms with Gasteiger partial charge in [-0.1, -0.05) is 0 Å². The summed E-state index contributed by atoms with van der Waals surface area (Å²) in [5.41, 5.74) is 0.897. The van der Waals surface area contributed by atoms with Crippen molar-refractivity contribution in [3.05, 3.63) is 33.4 Å². The third-order valence-electron chi connectivity index (χ3n) is 3.65. The highest BCUT2D eigenvalue weighted by Crippen LogP contribution is 2.39. The van der Waals surface area contributed by atoms with Gasteiger partial charge in [0, 0.05) is 5.57 Å². The molecule has 2 aliphatic heterocycles. The summed E-state index contributed by atoms with van der Waals surface area (Å²) in [7, 11) is 0. The van der Waals surface area contributed by atoms with E-state index in [4.69, 9.17) is 0 Å². The van der Waals surface area contributed by atoms with Gasteiger partial charge in [0.1, 0.15) is 17.7 Å². The molecule has 3 atom stereocenters. The second-order valence-corrected chi connectivity index (χ2v) is 6.87. The summed E-state index contributed by atoms with van der Waals surface area (Å²) in [4.78, 5) is 47.6. The molecule has 2 aliphatic rings. The Morgan fingerprint density at radius 1 is 1.43 bits per heavy atom. The maximum Gasteiger partial charge on any atom is 0.331 e. The molecule has 2 unspecified atom stereocenters. The Kier molecular flexibility index (Phi) is 4.22. The molecule has 120 valence electrons. The fourth-order valence-corrected chi connectivity index (χ4v) is 4.42. The molecule has 7 nitrogen and oxygen atoms in total. The van der Waals surface area contributed by atoms with Crippen molar-refractivity contribution in [2.75, 3.05) is 0 Å². The number of carbonyl (C=O) groups is 4. The first kappa shape index (κ1) is 15.8. The molecule has 1 aromatic heterocycles. The van der Waals surface area contributed by atoms with E-state index >= 15 is 0 Å². The fraction of sp³-hybridized carbons (Fsp3) is 0.286. The van der Waals surface area contributed by atoms with Crippen molar-refractivity contribution in [2.45, 2.75) is 23.9 Å². The van der Waals surface area contributed by atoms with Crippen LogP contribution in [0, 0.1) is 0 Å². The van der Waals surface area contributed by atoms with Crippen molar-refractivity contribution in [1.82, 2.24) is 10.2 Å². The van der Waals surface area contributed by atoms with Crippen LogP contribution in [0.4, 0.5) is 0 Å². The van der Waals surface area contributed by atoms with Crippen LogP contribution in [0.15, 0.2) is 27.8 Å². The molecule has 0 spiro atoms. The van der Waals surface area contributed by atoms with Crippen LogP contribution in [0.2, 0.25) is 0 Å². The SMILES string of the molecule is O=CC1=CS[C@@H]2C(NC(=O)Cc3ccsc3)C(=O)N2C1C(=O)O. The van der Waals surface area contributed by atoms with Crippen LogP contribution < -0.4 is 5.32 Å². The van der Waals surface area contributed by atoms with Gasteiger partial charge in [0.15, 0.2) is 6.04 Å². The largest absolute Gasteiger partial charge is 0.479 e. The van der Waals surface area contributed by atoms with Gasteiger partial charge in [-0.15, -0.1) is 11.8 Å². The van der Waals surface area contributed by atoms with E-state index < -0.39 is 29.3 Å². The number of hydrogen-bond acceptors (Lipinski definition) is 6. The van der Waals surface area contributed by atoms with Crippen LogP contribution in [-0.4, -0.2) is 51.5 Å². The van der Waals surface area contributed by atoms with E-state index in [9.17, 15) is 24.3 Å². The minimum Gasteiger partial charge on any atom is -0.479 e. The number of β-lactam (4-membered cyclic amide) rings is 1. The number of amides is 2. The molecular formula is C14H12N2O5S2. The summed E-state index contributed by atoms with van der Waals surface area (Å²) in [5, 5.41) is 16.5. The van der Waals surface area contributed by atoms with Crippen LogP contribution in [0.5, 0.6) is 0 Å². The first-order chi connectivity index (χ1) is 11.0. The molecule has 0 saturated carbocycles. The predicted octanol–water partition coefficient (Wildman–Crippen LogP) is 0.226. The van der Waals surface area contributed by atoms with Gasteiger partial charge in [-0.25, -0.2) is 4.79 Å². The molecule has 1 aromatic rings. The minimum absolute atomic E-state index is 0.0372. The topological polar surface area (TPSA) is 104 Å². The molecular weight excluding hydrogens is 340 g/mol. The summed E-state index contributed by atoms with van der Waals surface area (Å²) in [6.45, 7) is 0. The zero-order chi connectivity index (χ0) is 16.6. The second kappa shape index (κ2) is 6.17. The average Bonchev–Trinajstić information content (AvgIpc) is 3.03. The lowest BCUT2D eigenvalue weighted by Crippen LogP contribution is -2.74. The number of rotatable bonds is 5. The minimum atomic E-state index is -1.28. The number of thiophene rings is 1. The van der Waals surface area contributed by atoms with Gasteiger partial charge < -0.3 is 15.3 Å². The Labute approximate surface area is 139 Å². The van der Waals surface area contributed by atoms with Gasteiger partial charge in [0.05, 0.1) is 6.42 Å². The normalized spacial score (nSPS) is 25.9. The number of fused-ring (bicyclic) bond motifs is 1. The summed E-state index contributed by atoms with van der Waals surface area (Å²) < 4.78 is 0. The van der Waals surface area contributed by atoms with Crippen LogP contribution in [-0.2, 0) is 25.6 Å². The number of aldehydes is 1. The van der Waals surface area contributed by atoms with Gasteiger partial charge >= 0.3 is 5.97 Å². The Hall–Kier alpha value is -2.13. The molecule has 1 fully saturated rings. The van der Waals surface area contributed by atoms with Crippen molar-refractivity contribution in [3.63, 3.8) is 0 Å². The van der Waals surface area contributed by atoms with Gasteiger partial charge in [-0.2, -0.15) is 11.3 Å². The van der Waals surface area contributed by atoms with E-state index in [0.717, 1.165) is 22.2 Å². The number of nitrogens with one attached hydrogen (secondary N) is 1. The van der Waals surface area contributed by atoms with E-state index in [1.165, 1.54) is 16.7 Å². The highest BCUT2D eigenvalue weighted by Gasteiger charge is 2.55. The number of carboxylic acids is 1. The molecule has 0 bridgehead atoms. The van der Waals surface area contributed by atoms with Gasteiger partial charge in [0.25, 0.3) is 0 Å². The van der Waals surface area contributed by atoms with Crippen molar-refractivity contribution in [3.8, 4) is 0 Å². The molecule has 9 heteroatoms. The lowest BCUT2D eigenvalue weighted by atomic mass is 9.98. The molecule has 3 rings (SSSR count). The number of carboxylic acid groups (broad SMARTS) is 1. The van der Waals surface area contributed by atoms with E-state index in [-0.39, 0.29) is 17.9 Å². The molecule has 23 heavy (non-hydrogen) atoms. The Bertz CT molecular complexity index is 700. The first-order valence-corrected chi connectivity index (χ1v) is 8.57. The first-order valence-electron chi connectivity index (χ1n) is 6.69. The number of aliphatic carboxylic acids is 1. The Morgan fingerprint density at radius 2 is 2.22 bits per heavy atom. The van der Waals surface area contributed by atoms with Gasteiger partial charge in [-0.05, 0) is 27.8 Å². The lowest BCUT2D eigenvalue weighted by Gasteiger charge is -2.50. The third kappa shape index (κ3) is 2.77. The predicted molar refractivity (Wildman–Crippen MR) is 83.7 cm³/mol. The number of nitrogens with zero attached hydrogens (tertiary/aromatic N) is 1. The lowest BCUT2D eigenvalue weighted by molar-refractivity contribution is -0.160. The average molecular weight is 352 g/mol. The second-order valence-electron chi connectivity index (χ2n) is 5.10. The summed E-state index contributed by atoms with van der Waals surface area (Å²) in [5.74, 6) is -2.04. The summed E-state index contributed by atoms with van der Waals surface area (Å²) >= 11 is 2.64. The smallest absolute Gasteiger partial charge is 0.331 e. The Morgan fingerprint density at radius 3 is 2.83 bits per heavy atom.